The van der Waals surface area contributed by atoms with Crippen LogP contribution < -0.4 is 0 Å². The van der Waals surface area contributed by atoms with Crippen molar-refractivity contribution in [3.63, 3.8) is 0 Å². The van der Waals surface area contributed by atoms with E-state index in [-0.39, 0.29) is 5.78 Å². The number of ketones is 1. The first-order chi connectivity index (χ1) is 10.1. The molecule has 0 amide bonds. The van der Waals surface area contributed by atoms with Gasteiger partial charge in [-0.3, -0.25) is 4.79 Å². The van der Waals surface area contributed by atoms with E-state index < -0.39 is 5.92 Å². The molecule has 104 valence electrons. The van der Waals surface area contributed by atoms with Crippen LogP contribution in [0.4, 0.5) is 0 Å². The molecular weight excluding hydrogens is 352 g/mol. The normalized spacial score (nSPS) is 12.2. The fourth-order valence-electron chi connectivity index (χ4n) is 1.99. The van der Waals surface area contributed by atoms with Crippen LogP contribution in [0, 0.1) is 11.3 Å². The van der Waals surface area contributed by atoms with Gasteiger partial charge in [0.2, 0.25) is 0 Å². The van der Waals surface area contributed by atoms with Gasteiger partial charge in [0.25, 0.3) is 0 Å². The Hall–Kier alpha value is -1.97. The first-order valence-corrected chi connectivity index (χ1v) is 7.80. The topological polar surface area (TPSA) is 66.9 Å². The Morgan fingerprint density at radius 2 is 2.29 bits per heavy atom. The van der Waals surface area contributed by atoms with Gasteiger partial charge in [0.15, 0.2) is 17.5 Å². The number of hydrogen-bond acceptors (Lipinski definition) is 5. The number of nitriles is 1. The minimum absolute atomic E-state index is 0.202. The maximum atomic E-state index is 11.4. The number of carbonyl (C=O) groups is 1. The molecule has 0 saturated carbocycles. The number of fused-ring (bicyclic) bond motifs is 1. The highest BCUT2D eigenvalue weighted by Gasteiger charge is 2.21. The van der Waals surface area contributed by atoms with Gasteiger partial charge in [0, 0.05) is 15.2 Å². The molecule has 6 heteroatoms. The molecular formula is C15H9BrN2O2S. The maximum absolute atomic E-state index is 11.4. The first kappa shape index (κ1) is 14.0. The maximum Gasteiger partial charge on any atom is 0.156 e. The van der Waals surface area contributed by atoms with Crippen LogP contribution in [0.3, 0.4) is 0 Å². The fraction of sp³-hybridized carbons (Fsp3) is 0.133. The summed E-state index contributed by atoms with van der Waals surface area (Å²) in [5.41, 5.74) is 1.41. The Morgan fingerprint density at radius 1 is 1.48 bits per heavy atom. The summed E-state index contributed by atoms with van der Waals surface area (Å²) in [6.07, 6.45) is 0. The third-order valence-corrected chi connectivity index (χ3v) is 4.44. The average Bonchev–Trinajstić information content (AvgIpc) is 3.04. The van der Waals surface area contributed by atoms with Crippen molar-refractivity contribution in [1.82, 2.24) is 4.98 Å². The summed E-state index contributed by atoms with van der Waals surface area (Å²) in [5, 5.41) is 12.3. The summed E-state index contributed by atoms with van der Waals surface area (Å²) >= 11 is 4.71. The second-order valence-corrected chi connectivity index (χ2v) is 6.34. The van der Waals surface area contributed by atoms with Crippen molar-refractivity contribution >= 4 is 44.0 Å². The van der Waals surface area contributed by atoms with E-state index in [9.17, 15) is 4.79 Å². The van der Waals surface area contributed by atoms with Gasteiger partial charge >= 0.3 is 0 Å². The Bertz CT molecular complexity index is 875. The molecule has 3 aromatic rings. The number of halogens is 1. The van der Waals surface area contributed by atoms with E-state index in [0.717, 1.165) is 15.4 Å². The molecule has 0 saturated heterocycles. The number of Topliss-reactive ketones (excluding diaryl/α,β-unsaturated/α-hetero) is 1. The van der Waals surface area contributed by atoms with Crippen molar-refractivity contribution in [3.8, 4) is 17.5 Å². The van der Waals surface area contributed by atoms with Crippen molar-refractivity contribution in [2.24, 2.45) is 0 Å². The molecule has 0 spiro atoms. The molecule has 0 N–H and O–H groups in total. The number of carbonyl (C=O) groups excluding carboxylic acids is 1. The lowest BCUT2D eigenvalue weighted by Crippen LogP contribution is -2.05. The van der Waals surface area contributed by atoms with E-state index >= 15 is 0 Å². The van der Waals surface area contributed by atoms with Gasteiger partial charge in [0.1, 0.15) is 16.3 Å². The number of thiazole rings is 1. The lowest BCUT2D eigenvalue weighted by atomic mass is 10.1. The third kappa shape index (κ3) is 2.62. The second kappa shape index (κ2) is 5.43. The predicted molar refractivity (Wildman–Crippen MR) is 84.1 cm³/mol. The van der Waals surface area contributed by atoms with Crippen LogP contribution >= 0.6 is 27.3 Å². The SMILES string of the molecule is CC(=O)C(C#N)c1nc(-c2cc3cc(Br)ccc3o2)cs1. The van der Waals surface area contributed by atoms with Crippen LogP contribution in [0.1, 0.15) is 17.8 Å². The Kier molecular flexibility index (Phi) is 3.62. The highest BCUT2D eigenvalue weighted by atomic mass is 79.9. The van der Waals surface area contributed by atoms with Crippen molar-refractivity contribution in [3.05, 3.63) is 39.1 Å². The minimum atomic E-state index is -0.803. The molecule has 0 aliphatic heterocycles. The monoisotopic (exact) mass is 360 g/mol. The standard InChI is InChI=1S/C15H9BrN2O2S/c1-8(19)11(6-17)15-18-12(7-21-15)14-5-9-4-10(16)2-3-13(9)20-14/h2-5,7,11H,1H3. The van der Waals surface area contributed by atoms with Gasteiger partial charge in [-0.25, -0.2) is 4.98 Å². The van der Waals surface area contributed by atoms with Crippen molar-refractivity contribution < 1.29 is 9.21 Å². The van der Waals surface area contributed by atoms with Crippen LogP contribution in [0.15, 0.2) is 38.5 Å². The van der Waals surface area contributed by atoms with Gasteiger partial charge in [0.05, 0.1) is 6.07 Å². The molecule has 2 heterocycles. The number of benzene rings is 1. The lowest BCUT2D eigenvalue weighted by molar-refractivity contribution is -0.117. The van der Waals surface area contributed by atoms with Gasteiger partial charge in [-0.05, 0) is 31.2 Å². The number of nitrogens with zero attached hydrogens (tertiary/aromatic N) is 2. The van der Waals surface area contributed by atoms with Crippen LogP contribution in [0.5, 0.6) is 0 Å². The molecule has 0 aliphatic rings. The van der Waals surface area contributed by atoms with Gasteiger partial charge in [-0.15, -0.1) is 11.3 Å². The van der Waals surface area contributed by atoms with Crippen molar-refractivity contribution in [2.75, 3.05) is 0 Å². The highest BCUT2D eigenvalue weighted by molar-refractivity contribution is 9.10. The summed E-state index contributed by atoms with van der Waals surface area (Å²) < 4.78 is 6.73. The van der Waals surface area contributed by atoms with E-state index in [1.807, 2.05) is 30.3 Å². The molecule has 0 bridgehead atoms. The van der Waals surface area contributed by atoms with E-state index in [1.54, 1.807) is 5.38 Å². The molecule has 1 atom stereocenters. The van der Waals surface area contributed by atoms with Gasteiger partial charge in [-0.1, -0.05) is 15.9 Å². The Balaban J connectivity index is 2.02. The van der Waals surface area contributed by atoms with Crippen molar-refractivity contribution in [2.45, 2.75) is 12.8 Å². The quantitative estimate of drug-likeness (QED) is 0.688. The zero-order chi connectivity index (χ0) is 15.0. The smallest absolute Gasteiger partial charge is 0.156 e. The zero-order valence-electron chi connectivity index (χ0n) is 11.0. The van der Waals surface area contributed by atoms with Crippen LogP contribution in [0.2, 0.25) is 0 Å². The summed E-state index contributed by atoms with van der Waals surface area (Å²) in [6, 6.07) is 9.62. The largest absolute Gasteiger partial charge is 0.454 e. The molecule has 1 aromatic carbocycles. The predicted octanol–water partition coefficient (Wildman–Crippen LogP) is 4.51. The van der Waals surface area contributed by atoms with E-state index in [2.05, 4.69) is 20.9 Å². The van der Waals surface area contributed by atoms with Crippen molar-refractivity contribution in [1.29, 1.82) is 5.26 Å². The zero-order valence-corrected chi connectivity index (χ0v) is 13.4. The summed E-state index contributed by atoms with van der Waals surface area (Å²) in [7, 11) is 0. The molecule has 4 nitrogen and oxygen atoms in total. The highest BCUT2D eigenvalue weighted by Crippen LogP contribution is 2.32. The molecule has 3 rings (SSSR count). The molecule has 21 heavy (non-hydrogen) atoms. The van der Waals surface area contributed by atoms with Crippen LogP contribution in [-0.4, -0.2) is 10.8 Å². The van der Waals surface area contributed by atoms with Crippen LogP contribution in [-0.2, 0) is 4.79 Å². The molecule has 0 radical (unpaired) electrons. The van der Waals surface area contributed by atoms with Crippen LogP contribution in [0.25, 0.3) is 22.4 Å². The van der Waals surface area contributed by atoms with E-state index in [1.165, 1.54) is 18.3 Å². The fourth-order valence-corrected chi connectivity index (χ4v) is 3.28. The summed E-state index contributed by atoms with van der Waals surface area (Å²) in [5.74, 6) is -0.375. The molecule has 2 aromatic heterocycles. The molecule has 1 unspecified atom stereocenters. The lowest BCUT2D eigenvalue weighted by Gasteiger charge is -1.98. The van der Waals surface area contributed by atoms with Gasteiger partial charge < -0.3 is 4.42 Å². The first-order valence-electron chi connectivity index (χ1n) is 6.13. The van der Waals surface area contributed by atoms with Gasteiger partial charge in [-0.2, -0.15) is 5.26 Å². The minimum Gasteiger partial charge on any atom is -0.454 e. The van der Waals surface area contributed by atoms with E-state index in [0.29, 0.717) is 16.5 Å². The molecule has 0 fully saturated rings. The Labute approximate surface area is 133 Å². The summed E-state index contributed by atoms with van der Waals surface area (Å²) in [6.45, 7) is 1.40. The number of hydrogen-bond donors (Lipinski definition) is 0. The second-order valence-electron chi connectivity index (χ2n) is 4.54. The summed E-state index contributed by atoms with van der Waals surface area (Å²) in [4.78, 5) is 15.8. The number of furan rings is 1. The Morgan fingerprint density at radius 3 is 3.00 bits per heavy atom. The van der Waals surface area contributed by atoms with E-state index in [4.69, 9.17) is 9.68 Å². The third-order valence-electron chi connectivity index (χ3n) is 3.04. The number of aromatic nitrogens is 1. The molecule has 0 aliphatic carbocycles. The number of rotatable bonds is 3. The average molecular weight is 361 g/mol.